The first-order valence-corrected chi connectivity index (χ1v) is 10.3. The number of rotatable bonds is 6. The molecule has 7 nitrogen and oxygen atoms in total. The first kappa shape index (κ1) is 21.9. The van der Waals surface area contributed by atoms with Gasteiger partial charge in [0.2, 0.25) is 10.0 Å². The molecule has 1 N–H and O–H groups in total. The summed E-state index contributed by atoms with van der Waals surface area (Å²) >= 11 is 0. The molecule has 2 rings (SSSR count). The molecule has 0 aromatic heterocycles. The number of aliphatic imine (C=N–C) groups is 1. The van der Waals surface area contributed by atoms with Crippen LogP contribution >= 0.6 is 24.0 Å². The minimum absolute atomic E-state index is 0. The van der Waals surface area contributed by atoms with Crippen LogP contribution < -0.4 is 5.32 Å². The van der Waals surface area contributed by atoms with Gasteiger partial charge in [-0.25, -0.2) is 12.7 Å². The quantitative estimate of drug-likeness (QED) is 0.355. The van der Waals surface area contributed by atoms with Gasteiger partial charge in [-0.2, -0.15) is 0 Å². The smallest absolute Gasteiger partial charge is 0.214 e. The number of hydrogen-bond acceptors (Lipinski definition) is 4. The summed E-state index contributed by atoms with van der Waals surface area (Å²) in [4.78, 5) is 6.87. The standard InChI is InChI=1S/C15H30N4O3S.HI/c1-3-16-15(18-10-6-14(7-11-18)22-4-2)17-8-12-19-9-5-13-23(19,20)21;/h14H,3-13H2,1-2H3,(H,16,17);1H. The van der Waals surface area contributed by atoms with E-state index in [9.17, 15) is 8.42 Å². The molecule has 2 heterocycles. The Morgan fingerprint density at radius 1 is 1.25 bits per heavy atom. The lowest BCUT2D eigenvalue weighted by molar-refractivity contribution is 0.0264. The number of piperidine rings is 1. The molecule has 0 spiro atoms. The molecule has 0 bridgehead atoms. The van der Waals surface area contributed by atoms with Crippen LogP contribution in [0.5, 0.6) is 0 Å². The van der Waals surface area contributed by atoms with Gasteiger partial charge in [0.05, 0.1) is 18.4 Å². The second-order valence-corrected chi connectivity index (χ2v) is 8.03. The fourth-order valence-corrected chi connectivity index (χ4v) is 4.62. The molecular weight excluding hydrogens is 443 g/mol. The average molecular weight is 474 g/mol. The Morgan fingerprint density at radius 2 is 1.96 bits per heavy atom. The maximum Gasteiger partial charge on any atom is 0.214 e. The van der Waals surface area contributed by atoms with Gasteiger partial charge in [0.15, 0.2) is 5.96 Å². The molecule has 0 amide bonds. The van der Waals surface area contributed by atoms with Gasteiger partial charge < -0.3 is 15.0 Å². The molecular formula is C15H31IN4O3S. The minimum atomic E-state index is -3.02. The van der Waals surface area contributed by atoms with E-state index >= 15 is 0 Å². The SMILES string of the molecule is CCNC(=NCCN1CCCS1(=O)=O)N1CCC(OCC)CC1.I. The van der Waals surface area contributed by atoms with Gasteiger partial charge in [0.25, 0.3) is 0 Å². The van der Waals surface area contributed by atoms with Crippen molar-refractivity contribution < 1.29 is 13.2 Å². The van der Waals surface area contributed by atoms with Gasteiger partial charge in [-0.15, -0.1) is 24.0 Å². The van der Waals surface area contributed by atoms with Crippen molar-refractivity contribution in [3.63, 3.8) is 0 Å². The topological polar surface area (TPSA) is 74.2 Å². The Labute approximate surface area is 163 Å². The number of hydrogen-bond donors (Lipinski definition) is 1. The van der Waals surface area contributed by atoms with Crippen LogP contribution in [0.2, 0.25) is 0 Å². The highest BCUT2D eigenvalue weighted by molar-refractivity contribution is 14.0. The molecule has 0 aliphatic carbocycles. The first-order chi connectivity index (χ1) is 11.1. The van der Waals surface area contributed by atoms with Crippen LogP contribution in [0.15, 0.2) is 4.99 Å². The number of nitrogens with one attached hydrogen (secondary N) is 1. The second-order valence-electron chi connectivity index (χ2n) is 5.95. The molecule has 0 radical (unpaired) electrons. The third-order valence-electron chi connectivity index (χ3n) is 4.29. The van der Waals surface area contributed by atoms with Crippen molar-refractivity contribution in [2.24, 2.45) is 4.99 Å². The van der Waals surface area contributed by atoms with E-state index < -0.39 is 10.0 Å². The van der Waals surface area contributed by atoms with Crippen molar-refractivity contribution in [3.8, 4) is 0 Å². The second kappa shape index (κ2) is 10.8. The number of nitrogens with zero attached hydrogens (tertiary/aromatic N) is 3. The van der Waals surface area contributed by atoms with Crippen LogP contribution in [0.3, 0.4) is 0 Å². The summed E-state index contributed by atoms with van der Waals surface area (Å²) in [5.41, 5.74) is 0. The monoisotopic (exact) mass is 474 g/mol. The largest absolute Gasteiger partial charge is 0.378 e. The summed E-state index contributed by atoms with van der Waals surface area (Å²) in [6, 6.07) is 0. The normalized spacial score (nSPS) is 22.4. The van der Waals surface area contributed by atoms with Crippen molar-refractivity contribution >= 4 is 40.0 Å². The van der Waals surface area contributed by atoms with Crippen LogP contribution in [-0.2, 0) is 14.8 Å². The first-order valence-electron chi connectivity index (χ1n) is 8.69. The Kier molecular flexibility index (Phi) is 9.83. The molecule has 2 aliphatic heterocycles. The lowest BCUT2D eigenvalue weighted by atomic mass is 10.1. The van der Waals surface area contributed by atoms with E-state index in [0.29, 0.717) is 25.7 Å². The third-order valence-corrected chi connectivity index (χ3v) is 6.25. The fourth-order valence-electron chi connectivity index (χ4n) is 3.11. The van der Waals surface area contributed by atoms with Gasteiger partial charge in [0.1, 0.15) is 0 Å². The summed E-state index contributed by atoms with van der Waals surface area (Å²) in [6.07, 6.45) is 3.11. The summed E-state index contributed by atoms with van der Waals surface area (Å²) in [7, 11) is -3.02. The maximum atomic E-state index is 11.8. The van der Waals surface area contributed by atoms with Crippen LogP contribution in [0, 0.1) is 0 Å². The average Bonchev–Trinajstić information content (AvgIpc) is 2.86. The van der Waals surface area contributed by atoms with Crippen molar-refractivity contribution in [1.29, 1.82) is 0 Å². The summed E-state index contributed by atoms with van der Waals surface area (Å²) < 4.78 is 30.8. The van der Waals surface area contributed by atoms with E-state index in [1.54, 1.807) is 4.31 Å². The number of sulfonamides is 1. The Bertz CT molecular complexity index is 493. The molecule has 0 saturated carbocycles. The highest BCUT2D eigenvalue weighted by Gasteiger charge is 2.27. The van der Waals surface area contributed by atoms with Crippen LogP contribution in [0.4, 0.5) is 0 Å². The van der Waals surface area contributed by atoms with E-state index in [2.05, 4.69) is 15.2 Å². The van der Waals surface area contributed by atoms with Gasteiger partial charge in [0, 0.05) is 39.3 Å². The van der Waals surface area contributed by atoms with Gasteiger partial charge in [-0.3, -0.25) is 4.99 Å². The fraction of sp³-hybridized carbons (Fsp3) is 0.933. The predicted octanol–water partition coefficient (Wildman–Crippen LogP) is 1.11. The number of likely N-dealkylation sites (tertiary alicyclic amines) is 1. The molecule has 0 aromatic rings. The number of ether oxygens (including phenoxy) is 1. The zero-order chi connectivity index (χ0) is 16.7. The predicted molar refractivity (Wildman–Crippen MR) is 108 cm³/mol. The Morgan fingerprint density at radius 3 is 2.50 bits per heavy atom. The van der Waals surface area contributed by atoms with Crippen molar-refractivity contribution in [3.05, 3.63) is 0 Å². The highest BCUT2D eigenvalue weighted by Crippen LogP contribution is 2.14. The van der Waals surface area contributed by atoms with E-state index in [1.807, 2.05) is 13.8 Å². The van der Waals surface area contributed by atoms with Crippen LogP contribution in [0.1, 0.15) is 33.1 Å². The zero-order valence-electron chi connectivity index (χ0n) is 14.7. The molecule has 2 fully saturated rings. The Hall–Kier alpha value is -0.130. The summed E-state index contributed by atoms with van der Waals surface area (Å²) in [5.74, 6) is 1.17. The van der Waals surface area contributed by atoms with E-state index in [1.165, 1.54) is 0 Å². The molecule has 0 atom stereocenters. The highest BCUT2D eigenvalue weighted by atomic mass is 127. The number of guanidine groups is 1. The number of halogens is 1. The van der Waals surface area contributed by atoms with E-state index in [0.717, 1.165) is 51.5 Å². The lowest BCUT2D eigenvalue weighted by Gasteiger charge is -2.34. The van der Waals surface area contributed by atoms with Crippen molar-refractivity contribution in [1.82, 2.24) is 14.5 Å². The van der Waals surface area contributed by atoms with Crippen LogP contribution in [-0.4, -0.2) is 81.3 Å². The Balaban J connectivity index is 0.00000288. The summed E-state index contributed by atoms with van der Waals surface area (Å²) in [5, 5.41) is 3.31. The van der Waals surface area contributed by atoms with Crippen LogP contribution in [0.25, 0.3) is 0 Å². The van der Waals surface area contributed by atoms with Crippen molar-refractivity contribution in [2.45, 2.75) is 39.2 Å². The molecule has 142 valence electrons. The van der Waals surface area contributed by atoms with Gasteiger partial charge in [-0.05, 0) is 33.1 Å². The van der Waals surface area contributed by atoms with Crippen molar-refractivity contribution in [2.75, 3.05) is 51.6 Å². The lowest BCUT2D eigenvalue weighted by Crippen LogP contribution is -2.47. The van der Waals surface area contributed by atoms with Gasteiger partial charge in [-0.1, -0.05) is 0 Å². The molecule has 9 heteroatoms. The van der Waals surface area contributed by atoms with E-state index in [4.69, 9.17) is 4.74 Å². The molecule has 0 unspecified atom stereocenters. The maximum absolute atomic E-state index is 11.8. The summed E-state index contributed by atoms with van der Waals surface area (Å²) in [6.45, 7) is 9.14. The van der Waals surface area contributed by atoms with E-state index in [-0.39, 0.29) is 29.7 Å². The minimum Gasteiger partial charge on any atom is -0.378 e. The molecule has 2 saturated heterocycles. The van der Waals surface area contributed by atoms with Gasteiger partial charge >= 0.3 is 0 Å². The molecule has 24 heavy (non-hydrogen) atoms. The third kappa shape index (κ3) is 6.30. The molecule has 2 aliphatic rings. The zero-order valence-corrected chi connectivity index (χ0v) is 17.9. The molecule has 0 aromatic carbocycles.